The third-order valence-electron chi connectivity index (χ3n) is 2.90. The summed E-state index contributed by atoms with van der Waals surface area (Å²) in [7, 11) is 3.51. The van der Waals surface area contributed by atoms with Crippen LogP contribution in [0, 0.1) is 5.82 Å². The van der Waals surface area contributed by atoms with Crippen LogP contribution in [0.1, 0.15) is 25.8 Å². The van der Waals surface area contributed by atoms with E-state index in [2.05, 4.69) is 5.32 Å². The van der Waals surface area contributed by atoms with E-state index < -0.39 is 0 Å². The highest BCUT2D eigenvalue weighted by Crippen LogP contribution is 2.21. The van der Waals surface area contributed by atoms with Crippen LogP contribution in [0.15, 0.2) is 18.2 Å². The molecule has 102 valence electrons. The van der Waals surface area contributed by atoms with Crippen LogP contribution >= 0.6 is 0 Å². The Labute approximate surface area is 108 Å². The second-order valence-electron chi connectivity index (χ2n) is 4.84. The minimum Gasteiger partial charge on any atom is -0.493 e. The Kier molecular flexibility index (Phi) is 5.56. The fourth-order valence-electron chi connectivity index (χ4n) is 1.53. The van der Waals surface area contributed by atoms with Crippen LogP contribution in [0.3, 0.4) is 0 Å². The molecule has 0 bridgehead atoms. The standard InChI is InChI=1S/C14H22FNO2/c1-14(2,17-4)7-8-18-13-6-5-12(15)9-11(13)10-16-3/h5-6,9,16H,7-8,10H2,1-4H3. The zero-order chi connectivity index (χ0) is 13.6. The minimum absolute atomic E-state index is 0.205. The molecule has 0 atom stereocenters. The Hall–Kier alpha value is -1.13. The lowest BCUT2D eigenvalue weighted by Gasteiger charge is -2.23. The highest BCUT2D eigenvalue weighted by molar-refractivity contribution is 5.33. The Balaban J connectivity index is 2.61. The molecule has 0 aliphatic heterocycles. The smallest absolute Gasteiger partial charge is 0.123 e. The summed E-state index contributed by atoms with van der Waals surface area (Å²) in [5, 5.41) is 3.00. The Morgan fingerprint density at radius 2 is 2.06 bits per heavy atom. The lowest BCUT2D eigenvalue weighted by atomic mass is 10.1. The number of nitrogens with one attached hydrogen (secondary N) is 1. The zero-order valence-electron chi connectivity index (χ0n) is 11.5. The monoisotopic (exact) mass is 255 g/mol. The summed E-state index contributed by atoms with van der Waals surface area (Å²) in [5.74, 6) is 0.475. The summed E-state index contributed by atoms with van der Waals surface area (Å²) >= 11 is 0. The molecule has 0 aliphatic carbocycles. The predicted molar refractivity (Wildman–Crippen MR) is 70.4 cm³/mol. The van der Waals surface area contributed by atoms with Crippen molar-refractivity contribution < 1.29 is 13.9 Å². The van der Waals surface area contributed by atoms with Crippen molar-refractivity contribution in [1.82, 2.24) is 5.32 Å². The largest absolute Gasteiger partial charge is 0.493 e. The maximum atomic E-state index is 13.1. The summed E-state index contributed by atoms with van der Waals surface area (Å²) in [6.45, 7) is 5.15. The number of hydrogen-bond donors (Lipinski definition) is 1. The molecule has 1 aromatic carbocycles. The molecule has 0 saturated heterocycles. The molecule has 0 fully saturated rings. The lowest BCUT2D eigenvalue weighted by Crippen LogP contribution is -2.25. The summed E-state index contributed by atoms with van der Waals surface area (Å²) < 4.78 is 24.1. The maximum absolute atomic E-state index is 13.1. The molecule has 0 amide bonds. The van der Waals surface area contributed by atoms with E-state index in [9.17, 15) is 4.39 Å². The summed E-state index contributed by atoms with van der Waals surface area (Å²) in [5.41, 5.74) is 0.621. The van der Waals surface area contributed by atoms with E-state index in [0.717, 1.165) is 17.7 Å². The van der Waals surface area contributed by atoms with Crippen LogP contribution in [0.25, 0.3) is 0 Å². The molecule has 1 rings (SSSR count). The summed E-state index contributed by atoms with van der Waals surface area (Å²) in [4.78, 5) is 0. The van der Waals surface area contributed by atoms with Crippen molar-refractivity contribution in [3.63, 3.8) is 0 Å². The average Bonchev–Trinajstić information content (AvgIpc) is 2.32. The van der Waals surface area contributed by atoms with Gasteiger partial charge in [-0.05, 0) is 39.1 Å². The number of methoxy groups -OCH3 is 1. The topological polar surface area (TPSA) is 30.5 Å². The van der Waals surface area contributed by atoms with E-state index in [0.29, 0.717) is 13.2 Å². The SMILES string of the molecule is CNCc1cc(F)ccc1OCCC(C)(C)OC. The van der Waals surface area contributed by atoms with Crippen LogP contribution in [0.5, 0.6) is 5.75 Å². The Bertz CT molecular complexity index is 380. The van der Waals surface area contributed by atoms with Gasteiger partial charge in [0, 0.05) is 25.6 Å². The molecule has 4 heteroatoms. The summed E-state index contributed by atoms with van der Waals surface area (Å²) in [6, 6.07) is 4.57. The van der Waals surface area contributed by atoms with Crippen LogP contribution in [0.4, 0.5) is 4.39 Å². The van der Waals surface area contributed by atoms with Gasteiger partial charge in [0.05, 0.1) is 12.2 Å². The van der Waals surface area contributed by atoms with Gasteiger partial charge in [-0.1, -0.05) is 0 Å². The molecule has 1 N–H and O–H groups in total. The van der Waals surface area contributed by atoms with Crippen molar-refractivity contribution in [3.8, 4) is 5.75 Å². The Morgan fingerprint density at radius 1 is 1.33 bits per heavy atom. The van der Waals surface area contributed by atoms with Crippen molar-refractivity contribution in [1.29, 1.82) is 0 Å². The van der Waals surface area contributed by atoms with Crippen molar-refractivity contribution in [2.75, 3.05) is 20.8 Å². The van der Waals surface area contributed by atoms with E-state index >= 15 is 0 Å². The molecule has 0 saturated carbocycles. The third-order valence-corrected chi connectivity index (χ3v) is 2.90. The van der Waals surface area contributed by atoms with E-state index in [-0.39, 0.29) is 11.4 Å². The van der Waals surface area contributed by atoms with E-state index in [4.69, 9.17) is 9.47 Å². The Morgan fingerprint density at radius 3 is 2.67 bits per heavy atom. The van der Waals surface area contributed by atoms with Gasteiger partial charge in [-0.2, -0.15) is 0 Å². The van der Waals surface area contributed by atoms with Crippen LogP contribution in [-0.4, -0.2) is 26.4 Å². The van der Waals surface area contributed by atoms with Crippen LogP contribution in [0.2, 0.25) is 0 Å². The second-order valence-corrected chi connectivity index (χ2v) is 4.84. The van der Waals surface area contributed by atoms with Gasteiger partial charge in [0.1, 0.15) is 11.6 Å². The van der Waals surface area contributed by atoms with Gasteiger partial charge in [-0.15, -0.1) is 0 Å². The van der Waals surface area contributed by atoms with Crippen molar-refractivity contribution >= 4 is 0 Å². The molecule has 3 nitrogen and oxygen atoms in total. The quantitative estimate of drug-likeness (QED) is 0.812. The van der Waals surface area contributed by atoms with Gasteiger partial charge < -0.3 is 14.8 Å². The van der Waals surface area contributed by atoms with Gasteiger partial charge in [0.2, 0.25) is 0 Å². The number of rotatable bonds is 7. The maximum Gasteiger partial charge on any atom is 0.123 e. The molecule has 0 radical (unpaired) electrons. The first kappa shape index (κ1) is 14.9. The molecular weight excluding hydrogens is 233 g/mol. The molecule has 1 aromatic rings. The highest BCUT2D eigenvalue weighted by atomic mass is 19.1. The van der Waals surface area contributed by atoms with Crippen molar-refractivity contribution in [2.45, 2.75) is 32.4 Å². The van der Waals surface area contributed by atoms with Gasteiger partial charge in [0.25, 0.3) is 0 Å². The average molecular weight is 255 g/mol. The number of hydrogen-bond acceptors (Lipinski definition) is 3. The molecular formula is C14H22FNO2. The molecule has 0 heterocycles. The van der Waals surface area contributed by atoms with Gasteiger partial charge in [-0.3, -0.25) is 0 Å². The fourth-order valence-corrected chi connectivity index (χ4v) is 1.53. The lowest BCUT2D eigenvalue weighted by molar-refractivity contribution is 0.00536. The zero-order valence-corrected chi connectivity index (χ0v) is 11.5. The van der Waals surface area contributed by atoms with Crippen LogP contribution < -0.4 is 10.1 Å². The second kappa shape index (κ2) is 6.71. The van der Waals surface area contributed by atoms with Gasteiger partial charge in [0.15, 0.2) is 0 Å². The van der Waals surface area contributed by atoms with E-state index in [1.165, 1.54) is 12.1 Å². The fraction of sp³-hybridized carbons (Fsp3) is 0.571. The van der Waals surface area contributed by atoms with Gasteiger partial charge in [-0.25, -0.2) is 4.39 Å². The molecule has 0 aliphatic rings. The molecule has 18 heavy (non-hydrogen) atoms. The first-order chi connectivity index (χ1) is 8.48. The minimum atomic E-state index is -0.246. The molecule has 0 spiro atoms. The van der Waals surface area contributed by atoms with E-state index in [1.54, 1.807) is 13.2 Å². The number of halogens is 1. The van der Waals surface area contributed by atoms with Crippen molar-refractivity contribution in [3.05, 3.63) is 29.6 Å². The third kappa shape index (κ3) is 4.63. The highest BCUT2D eigenvalue weighted by Gasteiger charge is 2.16. The predicted octanol–water partition coefficient (Wildman–Crippen LogP) is 2.74. The molecule has 0 unspecified atom stereocenters. The number of ether oxygens (including phenoxy) is 2. The summed E-state index contributed by atoms with van der Waals surface area (Å²) in [6.07, 6.45) is 0.778. The first-order valence-electron chi connectivity index (χ1n) is 6.09. The normalized spacial score (nSPS) is 11.6. The van der Waals surface area contributed by atoms with Gasteiger partial charge >= 0.3 is 0 Å². The first-order valence-corrected chi connectivity index (χ1v) is 6.09. The van der Waals surface area contributed by atoms with Crippen LogP contribution in [-0.2, 0) is 11.3 Å². The number of benzene rings is 1. The van der Waals surface area contributed by atoms with E-state index in [1.807, 2.05) is 20.9 Å². The molecule has 0 aromatic heterocycles. The van der Waals surface area contributed by atoms with Crippen molar-refractivity contribution in [2.24, 2.45) is 0 Å².